The van der Waals surface area contributed by atoms with Crippen LogP contribution in [-0.2, 0) is 10.5 Å². The number of amides is 1. The minimum absolute atomic E-state index is 0.263. The highest BCUT2D eigenvalue weighted by Gasteiger charge is 2.52. The summed E-state index contributed by atoms with van der Waals surface area (Å²) in [5.41, 5.74) is 1.69. The summed E-state index contributed by atoms with van der Waals surface area (Å²) in [7, 11) is 0. The Bertz CT molecular complexity index is 1210. The summed E-state index contributed by atoms with van der Waals surface area (Å²) in [6, 6.07) is 12.8. The van der Waals surface area contributed by atoms with Gasteiger partial charge in [-0.25, -0.2) is 0 Å². The number of fused-ring (bicyclic) bond motifs is 5. The molecule has 0 unspecified atom stereocenters. The van der Waals surface area contributed by atoms with E-state index in [1.165, 1.54) is 25.7 Å². The molecule has 0 radical (unpaired) electrons. The molecule has 0 fully saturated rings. The molecule has 5 rings (SSSR count). The number of halogens is 1. The first-order valence-corrected chi connectivity index (χ1v) is 12.5. The Morgan fingerprint density at radius 3 is 2.79 bits per heavy atom. The van der Waals surface area contributed by atoms with Crippen LogP contribution in [0.1, 0.15) is 44.6 Å². The van der Waals surface area contributed by atoms with Gasteiger partial charge in [0.25, 0.3) is 11.6 Å². The zero-order valence-corrected chi connectivity index (χ0v) is 19.8. The fourth-order valence-corrected chi connectivity index (χ4v) is 5.05. The van der Waals surface area contributed by atoms with Crippen molar-refractivity contribution in [1.29, 1.82) is 0 Å². The lowest BCUT2D eigenvalue weighted by Crippen LogP contribution is -2.47. The number of carbonyl (C=O) groups excluding carboxylic acids is 1. The zero-order chi connectivity index (χ0) is 22.8. The molecule has 3 aromatic rings. The average molecular weight is 482 g/mol. The third-order valence-corrected chi connectivity index (χ3v) is 6.94. The molecular formula is C24H24ClN5O2S. The molecule has 7 nitrogen and oxygen atoms in total. The van der Waals surface area contributed by atoms with Crippen molar-refractivity contribution in [2.45, 2.75) is 49.9 Å². The summed E-state index contributed by atoms with van der Waals surface area (Å²) >= 11 is 7.83. The molecule has 2 aliphatic rings. The molecule has 2 aromatic carbocycles. The molecule has 170 valence electrons. The van der Waals surface area contributed by atoms with E-state index >= 15 is 0 Å². The summed E-state index contributed by atoms with van der Waals surface area (Å²) in [6.45, 7) is 2.21. The van der Waals surface area contributed by atoms with Gasteiger partial charge >= 0.3 is 0 Å². The molecule has 0 saturated heterocycles. The monoisotopic (exact) mass is 481 g/mol. The van der Waals surface area contributed by atoms with Crippen molar-refractivity contribution in [2.24, 2.45) is 0 Å². The van der Waals surface area contributed by atoms with Crippen LogP contribution in [0.4, 0.5) is 11.4 Å². The van der Waals surface area contributed by atoms with Crippen LogP contribution in [0.2, 0.25) is 5.02 Å². The van der Waals surface area contributed by atoms with E-state index < -0.39 is 5.72 Å². The van der Waals surface area contributed by atoms with E-state index in [-0.39, 0.29) is 11.8 Å². The number of hydrogen-bond acceptors (Lipinski definition) is 7. The van der Waals surface area contributed by atoms with Crippen molar-refractivity contribution in [2.75, 3.05) is 16.4 Å². The summed E-state index contributed by atoms with van der Waals surface area (Å²) in [5.74, 6) is 0.827. The van der Waals surface area contributed by atoms with Crippen molar-refractivity contribution in [3.63, 3.8) is 0 Å². The maximum absolute atomic E-state index is 13.3. The lowest BCUT2D eigenvalue weighted by Gasteiger charge is -2.28. The van der Waals surface area contributed by atoms with Gasteiger partial charge in [0, 0.05) is 22.0 Å². The third kappa shape index (κ3) is 4.13. The molecule has 0 bridgehead atoms. The van der Waals surface area contributed by atoms with E-state index in [9.17, 15) is 4.79 Å². The van der Waals surface area contributed by atoms with Gasteiger partial charge in [-0.1, -0.05) is 74.2 Å². The van der Waals surface area contributed by atoms with E-state index in [1.807, 2.05) is 24.3 Å². The number of unbranched alkanes of at least 4 members (excludes halogenated alkanes) is 4. The van der Waals surface area contributed by atoms with Gasteiger partial charge in [-0.05, 0) is 30.7 Å². The Balaban J connectivity index is 1.51. The highest BCUT2D eigenvalue weighted by atomic mass is 35.5. The molecule has 2 N–H and O–H groups in total. The average Bonchev–Trinajstić information content (AvgIpc) is 2.98. The second kappa shape index (κ2) is 9.19. The van der Waals surface area contributed by atoms with Crippen molar-refractivity contribution >= 4 is 40.6 Å². The second-order valence-electron chi connectivity index (χ2n) is 8.11. The highest BCUT2D eigenvalue weighted by Crippen LogP contribution is 2.47. The Kier molecular flexibility index (Phi) is 6.12. The van der Waals surface area contributed by atoms with E-state index in [0.717, 1.165) is 17.7 Å². The number of para-hydroxylation sites is 1. The van der Waals surface area contributed by atoms with Crippen molar-refractivity contribution in [3.8, 4) is 17.1 Å². The molecular weight excluding hydrogens is 458 g/mol. The Hall–Kier alpha value is -2.84. The fraction of sp³-hybridized carbons (Fsp3) is 0.333. The fourth-order valence-electron chi connectivity index (χ4n) is 4.10. The molecule has 1 amide bonds. The van der Waals surface area contributed by atoms with E-state index in [1.54, 1.807) is 30.0 Å². The van der Waals surface area contributed by atoms with Crippen LogP contribution in [0.5, 0.6) is 5.88 Å². The standard InChI is InChI=1S/C24H24ClN5O2S/c1-2-3-4-5-8-13-33-23-27-21-20(29-30-23)16-9-6-7-10-18(16)28-24(32-21)17-14-15(25)11-12-19(17)26-22(24)31/h6-7,9-12,14,28H,2-5,8,13H2,1H3,(H,26,31)/t24-/m0/s1. The number of carbonyl (C=O) groups is 1. The second-order valence-corrected chi connectivity index (χ2v) is 9.61. The number of anilines is 2. The van der Waals surface area contributed by atoms with Gasteiger partial charge in [-0.3, -0.25) is 4.79 Å². The van der Waals surface area contributed by atoms with Gasteiger partial charge in [-0.2, -0.15) is 4.98 Å². The minimum atomic E-state index is -1.51. The summed E-state index contributed by atoms with van der Waals surface area (Å²) in [4.78, 5) is 17.9. The Morgan fingerprint density at radius 1 is 1.06 bits per heavy atom. The predicted octanol–water partition coefficient (Wildman–Crippen LogP) is 5.86. The number of ether oxygens (including phenoxy) is 1. The molecule has 9 heteroatoms. The number of rotatable bonds is 7. The summed E-state index contributed by atoms with van der Waals surface area (Å²) < 4.78 is 6.37. The predicted molar refractivity (Wildman–Crippen MR) is 131 cm³/mol. The third-order valence-electron chi connectivity index (χ3n) is 5.79. The van der Waals surface area contributed by atoms with Gasteiger partial charge in [-0.15, -0.1) is 10.2 Å². The molecule has 0 saturated carbocycles. The van der Waals surface area contributed by atoms with Crippen molar-refractivity contribution < 1.29 is 9.53 Å². The topological polar surface area (TPSA) is 89.0 Å². The van der Waals surface area contributed by atoms with Gasteiger partial charge in [0.15, 0.2) is 5.69 Å². The van der Waals surface area contributed by atoms with E-state index in [4.69, 9.17) is 16.3 Å². The van der Waals surface area contributed by atoms with Crippen LogP contribution in [0.3, 0.4) is 0 Å². The van der Waals surface area contributed by atoms with Gasteiger partial charge < -0.3 is 15.4 Å². The quantitative estimate of drug-likeness (QED) is 0.322. The van der Waals surface area contributed by atoms with Crippen molar-refractivity contribution in [1.82, 2.24) is 15.2 Å². The first-order valence-electron chi connectivity index (χ1n) is 11.2. The lowest BCUT2D eigenvalue weighted by molar-refractivity contribution is -0.128. The summed E-state index contributed by atoms with van der Waals surface area (Å²) in [5, 5.41) is 16.0. The smallest absolute Gasteiger partial charge is 0.295 e. The van der Waals surface area contributed by atoms with Gasteiger partial charge in [0.2, 0.25) is 11.0 Å². The Morgan fingerprint density at radius 2 is 1.91 bits per heavy atom. The number of aromatic nitrogens is 3. The van der Waals surface area contributed by atoms with Crippen LogP contribution in [0, 0.1) is 0 Å². The number of hydrogen-bond donors (Lipinski definition) is 2. The maximum Gasteiger partial charge on any atom is 0.295 e. The summed E-state index contributed by atoms with van der Waals surface area (Å²) in [6.07, 6.45) is 6.01. The zero-order valence-electron chi connectivity index (χ0n) is 18.2. The SMILES string of the molecule is CCCCCCCSc1nnc2c(n1)O[C@]1(Nc3ccccc3-2)C(=O)Nc2ccc(Cl)cc21. The largest absolute Gasteiger partial charge is 0.435 e. The number of thioether (sulfide) groups is 1. The maximum atomic E-state index is 13.3. The van der Waals surface area contributed by atoms with Crippen LogP contribution >= 0.6 is 23.4 Å². The normalized spacial score (nSPS) is 17.9. The number of nitrogens with zero attached hydrogens (tertiary/aromatic N) is 3. The first-order chi connectivity index (χ1) is 16.1. The Labute approximate surface area is 201 Å². The highest BCUT2D eigenvalue weighted by molar-refractivity contribution is 7.99. The molecule has 2 aliphatic heterocycles. The number of benzene rings is 2. The minimum Gasteiger partial charge on any atom is -0.435 e. The molecule has 33 heavy (non-hydrogen) atoms. The van der Waals surface area contributed by atoms with Crippen LogP contribution < -0.4 is 15.4 Å². The lowest BCUT2D eigenvalue weighted by atomic mass is 10.0. The van der Waals surface area contributed by atoms with Crippen LogP contribution in [0.15, 0.2) is 47.6 Å². The first kappa shape index (κ1) is 22.0. The molecule has 3 heterocycles. The van der Waals surface area contributed by atoms with E-state index in [0.29, 0.717) is 32.8 Å². The van der Waals surface area contributed by atoms with Crippen LogP contribution in [0.25, 0.3) is 11.3 Å². The molecule has 0 aliphatic carbocycles. The molecule has 1 atom stereocenters. The van der Waals surface area contributed by atoms with Gasteiger partial charge in [0.1, 0.15) is 0 Å². The van der Waals surface area contributed by atoms with Crippen molar-refractivity contribution in [3.05, 3.63) is 53.1 Å². The van der Waals surface area contributed by atoms with Crippen LogP contribution in [-0.4, -0.2) is 26.8 Å². The number of nitrogens with one attached hydrogen (secondary N) is 2. The molecule has 1 aromatic heterocycles. The van der Waals surface area contributed by atoms with E-state index in [2.05, 4.69) is 32.7 Å². The van der Waals surface area contributed by atoms with Gasteiger partial charge in [0.05, 0.1) is 11.3 Å². The molecule has 1 spiro atoms.